The van der Waals surface area contributed by atoms with E-state index in [1.807, 2.05) is 24.3 Å². The molecular weight excluding hydrogens is 354 g/mol. The summed E-state index contributed by atoms with van der Waals surface area (Å²) in [5.74, 6) is -0.236. The highest BCUT2D eigenvalue weighted by Gasteiger charge is 2.27. The molecule has 1 fully saturated rings. The van der Waals surface area contributed by atoms with Crippen molar-refractivity contribution < 1.29 is 4.42 Å². The molecule has 1 saturated heterocycles. The minimum Gasteiger partial charge on any atom is -0.388 e. The fourth-order valence-corrected chi connectivity index (χ4v) is 3.84. The van der Waals surface area contributed by atoms with Gasteiger partial charge in [-0.2, -0.15) is 0 Å². The number of aromatic nitrogens is 4. The third-order valence-electron chi connectivity index (χ3n) is 5.22. The Morgan fingerprint density at radius 2 is 2.04 bits per heavy atom. The predicted molar refractivity (Wildman–Crippen MR) is 104 cm³/mol. The summed E-state index contributed by atoms with van der Waals surface area (Å²) in [7, 11) is 0. The van der Waals surface area contributed by atoms with Gasteiger partial charge in [-0.25, -0.2) is 19.9 Å². The van der Waals surface area contributed by atoms with Gasteiger partial charge in [-0.15, -0.1) is 5.10 Å². The van der Waals surface area contributed by atoms with E-state index in [0.717, 1.165) is 48.2 Å². The van der Waals surface area contributed by atoms with Crippen LogP contribution in [0.25, 0.3) is 22.5 Å². The van der Waals surface area contributed by atoms with Crippen LogP contribution in [0.4, 0.5) is 0 Å². The molecule has 0 spiro atoms. The van der Waals surface area contributed by atoms with Crippen LogP contribution in [0.3, 0.4) is 0 Å². The van der Waals surface area contributed by atoms with Crippen LogP contribution >= 0.6 is 0 Å². The Morgan fingerprint density at radius 1 is 1.14 bits per heavy atom. The van der Waals surface area contributed by atoms with E-state index in [2.05, 4.69) is 44.3 Å². The third kappa shape index (κ3) is 3.20. The minimum atomic E-state index is -0.545. The average molecular weight is 373 g/mol. The van der Waals surface area contributed by atoms with Gasteiger partial charge in [-0.05, 0) is 61.3 Å². The topological polar surface area (TPSA) is 87.9 Å². The van der Waals surface area contributed by atoms with Gasteiger partial charge in [0.15, 0.2) is 5.65 Å². The Morgan fingerprint density at radius 3 is 2.86 bits per heavy atom. The number of rotatable bonds is 4. The zero-order valence-corrected chi connectivity index (χ0v) is 15.2. The molecule has 0 aliphatic carbocycles. The van der Waals surface area contributed by atoms with Gasteiger partial charge >= 0.3 is 5.76 Å². The van der Waals surface area contributed by atoms with Crippen molar-refractivity contribution in [3.05, 3.63) is 76.5 Å². The molecule has 0 unspecified atom stereocenters. The van der Waals surface area contributed by atoms with Crippen LogP contribution in [0, 0.1) is 0 Å². The van der Waals surface area contributed by atoms with E-state index in [4.69, 9.17) is 9.40 Å². The summed E-state index contributed by atoms with van der Waals surface area (Å²) in [6.45, 7) is 1.89. The summed E-state index contributed by atoms with van der Waals surface area (Å²) in [6, 6.07) is 16.5. The number of aromatic amines is 1. The molecule has 28 heavy (non-hydrogen) atoms. The highest BCUT2D eigenvalue weighted by atomic mass is 16.4. The Kier molecular flexibility index (Phi) is 4.21. The van der Waals surface area contributed by atoms with E-state index >= 15 is 0 Å². The van der Waals surface area contributed by atoms with E-state index in [9.17, 15) is 4.79 Å². The van der Waals surface area contributed by atoms with Crippen molar-refractivity contribution in [2.75, 3.05) is 6.54 Å². The lowest BCUT2D eigenvalue weighted by Crippen LogP contribution is -2.23. The summed E-state index contributed by atoms with van der Waals surface area (Å²) < 4.78 is 5.01. The van der Waals surface area contributed by atoms with Crippen LogP contribution in [0.15, 0.2) is 63.9 Å². The summed E-state index contributed by atoms with van der Waals surface area (Å²) in [4.78, 5) is 22.8. The highest BCUT2D eigenvalue weighted by Crippen LogP contribution is 2.33. The lowest BCUT2D eigenvalue weighted by atomic mass is 10.1. The minimum absolute atomic E-state index is 0.301. The normalized spacial score (nSPS) is 17.4. The Labute approximate surface area is 161 Å². The maximum atomic E-state index is 11.1. The van der Waals surface area contributed by atoms with Gasteiger partial charge < -0.3 is 4.42 Å². The van der Waals surface area contributed by atoms with Gasteiger partial charge in [-0.3, -0.25) is 4.90 Å². The third-order valence-corrected chi connectivity index (χ3v) is 5.22. The average Bonchev–Trinajstić information content (AvgIpc) is 3.37. The van der Waals surface area contributed by atoms with Gasteiger partial charge in [0.1, 0.15) is 0 Å². The summed E-state index contributed by atoms with van der Waals surface area (Å²) in [5.41, 5.74) is 3.87. The van der Waals surface area contributed by atoms with Crippen molar-refractivity contribution in [2.24, 2.45) is 0 Å². The smallest absolute Gasteiger partial charge is 0.388 e. The zero-order chi connectivity index (χ0) is 18.9. The van der Waals surface area contributed by atoms with E-state index in [0.29, 0.717) is 11.9 Å². The van der Waals surface area contributed by atoms with E-state index in [-0.39, 0.29) is 0 Å². The maximum Gasteiger partial charge on any atom is 0.434 e. The molecule has 1 aromatic carbocycles. The number of hydrogen-bond acceptors (Lipinski definition) is 6. The predicted octanol–water partition coefficient (Wildman–Crippen LogP) is 3.31. The Hall–Kier alpha value is -3.32. The number of benzene rings is 1. The van der Waals surface area contributed by atoms with Crippen molar-refractivity contribution in [1.29, 1.82) is 0 Å². The van der Waals surface area contributed by atoms with Crippen LogP contribution in [0.2, 0.25) is 0 Å². The van der Waals surface area contributed by atoms with Gasteiger partial charge in [0.25, 0.3) is 0 Å². The quantitative estimate of drug-likeness (QED) is 0.590. The standard InChI is InChI=1S/C21H19N5O2/c27-21-25-24-20(28-21)16-7-5-14(6-8-16)13-26-12-2-4-18(26)17-10-9-15-3-1-11-22-19(15)23-17/h1,3,5-11,18H,2,4,12-13H2,(H,25,27)/t18-/m1/s1. The zero-order valence-electron chi connectivity index (χ0n) is 15.2. The number of fused-ring (bicyclic) bond motifs is 1. The lowest BCUT2D eigenvalue weighted by molar-refractivity contribution is 0.245. The molecule has 7 heteroatoms. The second kappa shape index (κ2) is 7.01. The van der Waals surface area contributed by atoms with Gasteiger partial charge in [0.2, 0.25) is 5.89 Å². The number of likely N-dealkylation sites (tertiary alicyclic amines) is 1. The van der Waals surface area contributed by atoms with Crippen molar-refractivity contribution in [2.45, 2.75) is 25.4 Å². The molecule has 3 aromatic heterocycles. The fraction of sp³-hybridized carbons (Fsp3) is 0.238. The largest absolute Gasteiger partial charge is 0.434 e. The van der Waals surface area contributed by atoms with E-state index in [1.54, 1.807) is 6.20 Å². The molecule has 7 nitrogen and oxygen atoms in total. The number of H-pyrrole nitrogens is 1. The van der Waals surface area contributed by atoms with Crippen LogP contribution in [-0.2, 0) is 6.54 Å². The highest BCUT2D eigenvalue weighted by molar-refractivity contribution is 5.74. The molecule has 5 rings (SSSR count). The van der Waals surface area contributed by atoms with Gasteiger partial charge in [0, 0.05) is 23.7 Å². The van der Waals surface area contributed by atoms with E-state index in [1.165, 1.54) is 5.56 Å². The molecule has 1 atom stereocenters. The summed E-state index contributed by atoms with van der Waals surface area (Å²) in [5, 5.41) is 7.22. The van der Waals surface area contributed by atoms with Gasteiger partial charge in [0.05, 0.1) is 11.7 Å². The number of nitrogens with one attached hydrogen (secondary N) is 1. The summed E-state index contributed by atoms with van der Waals surface area (Å²) in [6.07, 6.45) is 4.04. The molecule has 1 aliphatic heterocycles. The Balaban J connectivity index is 1.36. The fourth-order valence-electron chi connectivity index (χ4n) is 3.84. The Bertz CT molecular complexity index is 1170. The first-order chi connectivity index (χ1) is 13.8. The molecule has 140 valence electrons. The number of nitrogens with zero attached hydrogens (tertiary/aromatic N) is 4. The molecular formula is C21H19N5O2. The number of hydrogen-bond donors (Lipinski definition) is 1. The monoisotopic (exact) mass is 373 g/mol. The molecule has 1 N–H and O–H groups in total. The SMILES string of the molecule is O=c1[nH]nc(-c2ccc(CN3CCC[C@@H]3c3ccc4cccnc4n3)cc2)o1. The van der Waals surface area contributed by atoms with E-state index < -0.39 is 5.76 Å². The van der Waals surface area contributed by atoms with Crippen molar-refractivity contribution >= 4 is 11.0 Å². The van der Waals surface area contributed by atoms with Gasteiger partial charge in [-0.1, -0.05) is 12.1 Å². The molecule has 1 aliphatic rings. The second-order valence-electron chi connectivity index (χ2n) is 7.03. The van der Waals surface area contributed by atoms with Crippen LogP contribution < -0.4 is 5.76 Å². The first kappa shape index (κ1) is 16.8. The maximum absolute atomic E-state index is 11.1. The molecule has 0 radical (unpaired) electrons. The van der Waals surface area contributed by atoms with Crippen molar-refractivity contribution in [3.63, 3.8) is 0 Å². The molecule has 4 heterocycles. The molecule has 0 bridgehead atoms. The first-order valence-corrected chi connectivity index (χ1v) is 9.37. The molecule has 0 amide bonds. The van der Waals surface area contributed by atoms with Crippen LogP contribution in [0.1, 0.15) is 30.1 Å². The van der Waals surface area contributed by atoms with Crippen LogP contribution in [-0.4, -0.2) is 31.6 Å². The molecule has 4 aromatic rings. The van der Waals surface area contributed by atoms with Crippen molar-refractivity contribution in [3.8, 4) is 11.5 Å². The lowest BCUT2D eigenvalue weighted by Gasteiger charge is -2.24. The van der Waals surface area contributed by atoms with Crippen molar-refractivity contribution in [1.82, 2.24) is 25.1 Å². The number of pyridine rings is 2. The molecule has 0 saturated carbocycles. The first-order valence-electron chi connectivity index (χ1n) is 9.37. The van der Waals surface area contributed by atoms with Crippen LogP contribution in [0.5, 0.6) is 0 Å². The second-order valence-corrected chi connectivity index (χ2v) is 7.03. The summed E-state index contributed by atoms with van der Waals surface area (Å²) >= 11 is 0.